The fraction of sp³-hybridized carbons (Fsp3) is 0.462. The van der Waals surface area contributed by atoms with Crippen LogP contribution in [0.1, 0.15) is 85.9 Å². The third-order valence-corrected chi connectivity index (χ3v) is 14.0. The first-order chi connectivity index (χ1) is 22.9. The van der Waals surface area contributed by atoms with Gasteiger partial charge in [0.15, 0.2) is 0 Å². The molecule has 0 spiro atoms. The van der Waals surface area contributed by atoms with Crippen molar-refractivity contribution in [2.75, 3.05) is 19.1 Å². The van der Waals surface area contributed by atoms with Gasteiger partial charge in [0, 0.05) is 24.5 Å². The highest BCUT2D eigenvalue weighted by atomic mass is 35.7. The fourth-order valence-electron chi connectivity index (χ4n) is 5.26. The van der Waals surface area contributed by atoms with Gasteiger partial charge in [-0.05, 0) is 87.2 Å². The number of esters is 1. The summed E-state index contributed by atoms with van der Waals surface area (Å²) in [7, 11) is -5.18. The van der Waals surface area contributed by atoms with Gasteiger partial charge in [-0.3, -0.25) is 0 Å². The monoisotopic (exact) mass is 778 g/mol. The molecule has 1 aliphatic rings. The van der Waals surface area contributed by atoms with Crippen LogP contribution in [0.2, 0.25) is 0 Å². The predicted molar refractivity (Wildman–Crippen MR) is 202 cm³/mol. The zero-order valence-electron chi connectivity index (χ0n) is 31.2. The third-order valence-electron chi connectivity index (χ3n) is 8.04. The van der Waals surface area contributed by atoms with E-state index in [4.69, 9.17) is 23.4 Å². The Morgan fingerprint density at radius 2 is 0.960 bits per heavy atom. The highest BCUT2D eigenvalue weighted by molar-refractivity contribution is 8.13. The Hall–Kier alpha value is -1.60. The van der Waals surface area contributed by atoms with Crippen LogP contribution in [0.4, 0.5) is 0 Å². The Balaban J connectivity index is 0.00000126. The van der Waals surface area contributed by atoms with E-state index in [1.165, 1.54) is 41.2 Å². The van der Waals surface area contributed by atoms with E-state index >= 15 is 0 Å². The Morgan fingerprint density at radius 1 is 0.660 bits per heavy atom. The van der Waals surface area contributed by atoms with Gasteiger partial charge >= 0.3 is 5.97 Å². The average Bonchev–Trinajstić information content (AvgIpc) is 3.53. The molecule has 3 aromatic rings. The summed E-state index contributed by atoms with van der Waals surface area (Å²) >= 11 is 5.45. The molecule has 0 heterocycles. The second kappa shape index (κ2) is 16.6. The molecule has 3 aromatic carbocycles. The lowest BCUT2D eigenvalue weighted by molar-refractivity contribution is -2.00. The summed E-state index contributed by atoms with van der Waals surface area (Å²) < 4.78 is 39.3. The lowest BCUT2D eigenvalue weighted by atomic mass is 9.87. The van der Waals surface area contributed by atoms with Crippen molar-refractivity contribution in [2.45, 2.75) is 110 Å². The van der Waals surface area contributed by atoms with Crippen LogP contribution >= 0.6 is 35.3 Å². The Kier molecular flexibility index (Phi) is 14.2. The minimum Gasteiger partial charge on any atom is -0.462 e. The van der Waals surface area contributed by atoms with Crippen molar-refractivity contribution >= 4 is 52.1 Å². The first kappa shape index (κ1) is 42.8. The van der Waals surface area contributed by atoms with Crippen molar-refractivity contribution in [3.8, 4) is 0 Å². The smallest absolute Gasteiger partial charge is 0.361 e. The molecule has 0 aliphatic heterocycles. The molecule has 0 radical (unpaired) electrons. The highest BCUT2D eigenvalue weighted by Crippen LogP contribution is 2.70. The van der Waals surface area contributed by atoms with Gasteiger partial charge in [-0.15, -0.1) is 22.0 Å². The number of ether oxygens (including phenoxy) is 1. The lowest BCUT2D eigenvalue weighted by Crippen LogP contribution is -2.68. The minimum atomic E-state index is -4.94. The topological polar surface area (TPSA) is 119 Å². The maximum absolute atomic E-state index is 13.9. The van der Waals surface area contributed by atoms with Crippen LogP contribution in [0.3, 0.4) is 0 Å². The summed E-state index contributed by atoms with van der Waals surface area (Å²) in [6.07, 6.45) is 4.37. The van der Waals surface area contributed by atoms with Crippen molar-refractivity contribution in [1.82, 2.24) is 0 Å². The van der Waals surface area contributed by atoms with E-state index in [-0.39, 0.29) is 38.4 Å². The molecule has 0 N–H and O–H groups in total. The van der Waals surface area contributed by atoms with Gasteiger partial charge in [-0.2, -0.15) is 0 Å². The van der Waals surface area contributed by atoms with Crippen LogP contribution in [-0.2, 0) is 36.7 Å². The van der Waals surface area contributed by atoms with E-state index in [1.807, 2.05) is 42.2 Å². The number of carbonyl (C=O) groups excluding carboxylic acids is 1. The van der Waals surface area contributed by atoms with Gasteiger partial charge in [0.2, 0.25) is 5.25 Å². The summed E-state index contributed by atoms with van der Waals surface area (Å²) in [5, 5.41) is -0.294. The molecule has 4 rings (SSSR count). The zero-order chi connectivity index (χ0) is 37.9. The second-order valence-electron chi connectivity index (χ2n) is 15.4. The number of hydrogen-bond donors (Lipinski definition) is 0. The van der Waals surface area contributed by atoms with Gasteiger partial charge in [-0.25, -0.2) is 23.4 Å². The molecule has 0 saturated heterocycles. The molecule has 1 unspecified atom stereocenters. The molecule has 0 aromatic heterocycles. The molecule has 274 valence electrons. The average molecular weight is 780 g/mol. The normalized spacial score (nSPS) is 15.4. The molecule has 0 fully saturated rings. The highest BCUT2D eigenvalue weighted by Gasteiger charge is 2.68. The molecule has 1 aliphatic carbocycles. The quantitative estimate of drug-likeness (QED) is 0.173. The van der Waals surface area contributed by atoms with Crippen LogP contribution in [0.5, 0.6) is 0 Å². The lowest BCUT2D eigenvalue weighted by Gasteiger charge is -2.26. The summed E-state index contributed by atoms with van der Waals surface area (Å²) in [5.74, 6) is -0.107. The minimum absolute atomic E-state index is 0.0754. The van der Waals surface area contributed by atoms with E-state index in [9.17, 15) is 4.79 Å². The van der Waals surface area contributed by atoms with Crippen LogP contribution in [0.25, 0.3) is 0 Å². The van der Waals surface area contributed by atoms with Crippen LogP contribution in [0.15, 0.2) is 97.3 Å². The van der Waals surface area contributed by atoms with Crippen molar-refractivity contribution in [2.24, 2.45) is 0 Å². The summed E-state index contributed by atoms with van der Waals surface area (Å²) in [4.78, 5) is 20.0. The molecule has 0 saturated carbocycles. The van der Waals surface area contributed by atoms with E-state index < -0.39 is 15.0 Å². The summed E-state index contributed by atoms with van der Waals surface area (Å²) in [5.41, 5.74) is 4.20. The fourth-order valence-corrected chi connectivity index (χ4v) is 11.8. The molecule has 0 bridgehead atoms. The van der Waals surface area contributed by atoms with Crippen molar-refractivity contribution < 1.29 is 38.4 Å². The van der Waals surface area contributed by atoms with Crippen molar-refractivity contribution in [1.29, 1.82) is 0 Å². The number of hydrogen-bond acceptors (Lipinski definition) is 9. The second-order valence-corrected chi connectivity index (χ2v) is 21.9. The van der Waals surface area contributed by atoms with Gasteiger partial charge in [-0.1, -0.05) is 122 Å². The van der Waals surface area contributed by atoms with Gasteiger partial charge < -0.3 is 4.74 Å². The summed E-state index contributed by atoms with van der Waals surface area (Å²) in [6.45, 7) is 22.5. The van der Waals surface area contributed by atoms with Crippen molar-refractivity contribution in [3.63, 3.8) is 0 Å². The number of carbonyl (C=O) groups is 1. The van der Waals surface area contributed by atoms with E-state index in [1.54, 1.807) is 0 Å². The van der Waals surface area contributed by atoms with Crippen LogP contribution in [-0.4, -0.2) is 35.1 Å². The Labute approximate surface area is 317 Å². The van der Waals surface area contributed by atoms with Gasteiger partial charge in [0.25, 0.3) is 0 Å². The first-order valence-corrected chi connectivity index (χ1v) is 22.1. The molecule has 6 nitrogen and oxygen atoms in total. The zero-order valence-corrected chi connectivity index (χ0v) is 35.2. The molecular weight excluding hydrogens is 728 g/mol. The molecular formula is C39H51ClO6S4. The number of halogens is 1. The van der Waals surface area contributed by atoms with E-state index in [0.29, 0.717) is 6.61 Å². The van der Waals surface area contributed by atoms with E-state index in [2.05, 4.69) is 148 Å². The van der Waals surface area contributed by atoms with Gasteiger partial charge in [0.05, 0.1) is 19.1 Å². The third kappa shape index (κ3) is 11.7. The number of thioether (sulfide) groups is 3. The molecule has 1 atom stereocenters. The van der Waals surface area contributed by atoms with E-state index in [0.717, 1.165) is 0 Å². The van der Waals surface area contributed by atoms with Gasteiger partial charge in [0.1, 0.15) is 4.75 Å². The number of benzene rings is 3. The Bertz CT molecular complexity index is 1530. The van der Waals surface area contributed by atoms with Crippen LogP contribution in [0, 0.1) is 10.2 Å². The Morgan fingerprint density at radius 3 is 1.22 bits per heavy atom. The molecule has 0 amide bonds. The van der Waals surface area contributed by atoms with Crippen molar-refractivity contribution in [3.05, 3.63) is 99.3 Å². The largest absolute Gasteiger partial charge is 0.462 e. The standard InChI is InChI=1S/C39H51O2S4.ClHO4/c1-13-41-35(40)34(45(11)12)39(44-31-24-18-28(19-25-31)38(8,9)10)32(42-29-20-14-26(15-21-29)36(2,3)4)33(39)43-30-22-16-27(17-23-30)37(5,6)7;2-1(3,4)5/h14-25,34H,13H2,1-12H3;(H,2,3,4,5)/q+1;/p-1. The first-order valence-electron chi connectivity index (χ1n) is 16.3. The molecule has 50 heavy (non-hydrogen) atoms. The van der Waals surface area contributed by atoms with Crippen LogP contribution < -0.4 is 18.6 Å². The predicted octanol–water partition coefficient (Wildman–Crippen LogP) is 6.27. The number of rotatable bonds is 10. The summed E-state index contributed by atoms with van der Waals surface area (Å²) in [6, 6.07) is 26.9. The SMILES string of the molecule is CCOC(=O)C([S+](C)C)C1(Sc2ccc(C(C)(C)C)cc2)C(Sc2ccc(C(C)(C)C)cc2)=C1Sc1ccc(C(C)(C)C)cc1.[O-][Cl+3]([O-])([O-])[O-]. The maximum atomic E-state index is 13.9. The molecule has 11 heteroatoms. The maximum Gasteiger partial charge on any atom is 0.361 e.